The van der Waals surface area contributed by atoms with Gasteiger partial charge in [-0.3, -0.25) is 0 Å². The van der Waals surface area contributed by atoms with Crippen LogP contribution in [0.5, 0.6) is 0 Å². The molecule has 4 rings (SSSR count). The fourth-order valence-electron chi connectivity index (χ4n) is 8.11. The van der Waals surface area contributed by atoms with E-state index in [1.807, 2.05) is 21.0 Å². The Morgan fingerprint density at radius 1 is 1.08 bits per heavy atom. The number of methoxy groups -OCH3 is 1. The fraction of sp³-hybridized carbons (Fsp3) is 0.913. The molecule has 0 saturated heterocycles. The highest BCUT2D eigenvalue weighted by Gasteiger charge is 2.63. The van der Waals surface area contributed by atoms with Gasteiger partial charge in [0.25, 0.3) is 0 Å². The van der Waals surface area contributed by atoms with E-state index in [4.69, 9.17) is 4.74 Å². The van der Waals surface area contributed by atoms with Crippen LogP contribution < -0.4 is 0 Å². The largest absolute Gasteiger partial charge is 0.513 e. The Balaban J connectivity index is 1.70. The summed E-state index contributed by atoms with van der Waals surface area (Å²) in [5.41, 5.74) is 1.12. The molecule has 4 aliphatic rings. The van der Waals surface area contributed by atoms with Crippen molar-refractivity contribution in [2.24, 2.45) is 34.5 Å². The van der Waals surface area contributed by atoms with Crippen LogP contribution in [-0.4, -0.2) is 29.0 Å². The highest BCUT2D eigenvalue weighted by Crippen LogP contribution is 2.68. The average molecular weight is 363 g/mol. The molecular weight excluding hydrogens is 324 g/mol. The third kappa shape index (κ3) is 2.45. The Kier molecular flexibility index (Phi) is 4.32. The van der Waals surface area contributed by atoms with Crippen molar-refractivity contribution in [1.29, 1.82) is 0 Å². The maximum Gasteiger partial charge on any atom is 0.0890 e. The van der Waals surface area contributed by atoms with Crippen molar-refractivity contribution in [2.45, 2.75) is 90.8 Å². The number of allylic oxidation sites excluding steroid dienone is 1. The molecule has 0 heterocycles. The predicted molar refractivity (Wildman–Crippen MR) is 104 cm³/mol. The van der Waals surface area contributed by atoms with Gasteiger partial charge in [-0.15, -0.1) is 0 Å². The highest BCUT2D eigenvalue weighted by molar-refractivity contribution is 5.28. The molecule has 2 N–H and O–H groups in total. The molecule has 8 atom stereocenters. The lowest BCUT2D eigenvalue weighted by Crippen LogP contribution is -2.58. The summed E-state index contributed by atoms with van der Waals surface area (Å²) < 4.78 is 6.11. The Labute approximate surface area is 159 Å². The quantitative estimate of drug-likeness (QED) is 0.627. The molecule has 0 aromatic rings. The summed E-state index contributed by atoms with van der Waals surface area (Å²) in [6.07, 6.45) is 9.13. The van der Waals surface area contributed by atoms with E-state index >= 15 is 0 Å². The van der Waals surface area contributed by atoms with Gasteiger partial charge in [-0.2, -0.15) is 0 Å². The first-order valence-corrected chi connectivity index (χ1v) is 10.8. The van der Waals surface area contributed by atoms with Crippen LogP contribution >= 0.6 is 0 Å². The van der Waals surface area contributed by atoms with Crippen LogP contribution in [0.1, 0.15) is 79.1 Å². The van der Waals surface area contributed by atoms with Gasteiger partial charge in [-0.1, -0.05) is 13.8 Å². The lowest BCUT2D eigenvalue weighted by molar-refractivity contribution is -0.172. The lowest BCUT2D eigenvalue weighted by Gasteiger charge is -2.62. The van der Waals surface area contributed by atoms with Gasteiger partial charge in [-0.25, -0.2) is 0 Å². The molecule has 3 heteroatoms. The molecule has 0 radical (unpaired) electrons. The van der Waals surface area contributed by atoms with Crippen LogP contribution in [0, 0.1) is 34.5 Å². The van der Waals surface area contributed by atoms with Crippen molar-refractivity contribution in [3.63, 3.8) is 0 Å². The summed E-state index contributed by atoms with van der Waals surface area (Å²) in [4.78, 5) is 0. The van der Waals surface area contributed by atoms with E-state index < -0.39 is 5.60 Å². The summed E-state index contributed by atoms with van der Waals surface area (Å²) in [6.45, 7) is 8.78. The van der Waals surface area contributed by atoms with Gasteiger partial charge < -0.3 is 14.9 Å². The Morgan fingerprint density at radius 3 is 2.46 bits per heavy atom. The van der Waals surface area contributed by atoms with Crippen molar-refractivity contribution in [2.75, 3.05) is 7.11 Å². The average Bonchev–Trinajstić information content (AvgIpc) is 2.93. The third-order valence-corrected chi connectivity index (χ3v) is 9.53. The first-order valence-electron chi connectivity index (χ1n) is 10.8. The molecule has 0 bridgehead atoms. The molecule has 4 aliphatic carbocycles. The normalized spacial score (nSPS) is 55.7. The van der Waals surface area contributed by atoms with Gasteiger partial charge in [0.05, 0.1) is 17.5 Å². The van der Waals surface area contributed by atoms with E-state index in [2.05, 4.69) is 13.8 Å². The summed E-state index contributed by atoms with van der Waals surface area (Å²) in [5, 5.41) is 21.0. The number of hydrogen-bond donors (Lipinski definition) is 2. The molecule has 26 heavy (non-hydrogen) atoms. The number of ether oxygens (including phenoxy) is 1. The van der Waals surface area contributed by atoms with Crippen LogP contribution in [0.25, 0.3) is 0 Å². The molecule has 0 aromatic carbocycles. The minimum Gasteiger partial charge on any atom is -0.513 e. The van der Waals surface area contributed by atoms with E-state index in [0.29, 0.717) is 28.9 Å². The lowest BCUT2D eigenvalue weighted by atomic mass is 9.43. The second-order valence-corrected chi connectivity index (χ2v) is 10.7. The van der Waals surface area contributed by atoms with E-state index in [1.54, 1.807) is 0 Å². The Hall–Kier alpha value is -0.540. The standard InChI is InChI=1S/C23H38O3/c1-14(24)17-8-9-18-16-7-6-15-13-21(2,25)10-11-22(15,3)19(16)12-20(26-5)23(17,18)4/h15-16,18-20,24-25H,6-13H2,1-5H3/b17-14-/t15-,16-,18-,19-,20+,21+,22-,23+/m0/s1. The molecule has 0 spiro atoms. The smallest absolute Gasteiger partial charge is 0.0890 e. The maximum absolute atomic E-state index is 10.7. The van der Waals surface area contributed by atoms with Gasteiger partial charge >= 0.3 is 0 Å². The first kappa shape index (κ1) is 18.8. The number of fused-ring (bicyclic) bond motifs is 5. The van der Waals surface area contributed by atoms with Crippen LogP contribution in [0.2, 0.25) is 0 Å². The maximum atomic E-state index is 10.7. The van der Waals surface area contributed by atoms with E-state index in [1.165, 1.54) is 24.8 Å². The minimum atomic E-state index is -0.474. The molecule has 4 saturated carbocycles. The monoisotopic (exact) mass is 362 g/mol. The number of aliphatic hydroxyl groups is 2. The molecule has 148 valence electrons. The zero-order chi connectivity index (χ0) is 18.9. The van der Waals surface area contributed by atoms with E-state index in [0.717, 1.165) is 38.0 Å². The molecule has 0 aliphatic heterocycles. The van der Waals surface area contributed by atoms with E-state index in [9.17, 15) is 10.2 Å². The van der Waals surface area contributed by atoms with Crippen LogP contribution in [0.3, 0.4) is 0 Å². The van der Waals surface area contributed by atoms with Gasteiger partial charge in [0, 0.05) is 12.5 Å². The minimum absolute atomic E-state index is 0.00188. The van der Waals surface area contributed by atoms with Crippen molar-refractivity contribution in [3.8, 4) is 0 Å². The van der Waals surface area contributed by atoms with Crippen LogP contribution in [0.15, 0.2) is 11.3 Å². The first-order chi connectivity index (χ1) is 12.1. The number of rotatable bonds is 1. The van der Waals surface area contributed by atoms with E-state index in [-0.39, 0.29) is 11.5 Å². The number of aliphatic hydroxyl groups excluding tert-OH is 1. The molecule has 0 unspecified atom stereocenters. The Morgan fingerprint density at radius 2 is 1.81 bits per heavy atom. The Bertz CT molecular complexity index is 605. The zero-order valence-corrected chi connectivity index (χ0v) is 17.3. The fourth-order valence-corrected chi connectivity index (χ4v) is 8.11. The van der Waals surface area contributed by atoms with Crippen LogP contribution in [-0.2, 0) is 4.74 Å². The summed E-state index contributed by atoms with van der Waals surface area (Å²) >= 11 is 0. The van der Waals surface area contributed by atoms with Gasteiger partial charge in [0.15, 0.2) is 0 Å². The van der Waals surface area contributed by atoms with Crippen LogP contribution in [0.4, 0.5) is 0 Å². The molecule has 3 nitrogen and oxygen atoms in total. The number of hydrogen-bond acceptors (Lipinski definition) is 3. The molecule has 0 aromatic heterocycles. The van der Waals surface area contributed by atoms with Crippen molar-refractivity contribution in [1.82, 2.24) is 0 Å². The van der Waals surface area contributed by atoms with Gasteiger partial charge in [0.2, 0.25) is 0 Å². The van der Waals surface area contributed by atoms with Crippen molar-refractivity contribution in [3.05, 3.63) is 11.3 Å². The second-order valence-electron chi connectivity index (χ2n) is 10.7. The molecule has 0 amide bonds. The van der Waals surface area contributed by atoms with Gasteiger partial charge in [-0.05, 0) is 99.9 Å². The SMILES string of the molecule is CO[C@@H]1C[C@H]2[C@@H](CC[C@H]3C[C@](C)(O)CC[C@@]32C)[C@@H]2CC/C(=C(\C)O)[C@@]12C. The third-order valence-electron chi connectivity index (χ3n) is 9.53. The molecule has 4 fully saturated rings. The highest BCUT2D eigenvalue weighted by atomic mass is 16.5. The van der Waals surface area contributed by atoms with Gasteiger partial charge in [0.1, 0.15) is 0 Å². The predicted octanol–water partition coefficient (Wildman–Crippen LogP) is 5.24. The summed E-state index contributed by atoms with van der Waals surface area (Å²) in [6, 6.07) is 0. The summed E-state index contributed by atoms with van der Waals surface area (Å²) in [7, 11) is 1.87. The topological polar surface area (TPSA) is 49.7 Å². The summed E-state index contributed by atoms with van der Waals surface area (Å²) in [5.74, 6) is 3.24. The molecular formula is C23H38O3. The zero-order valence-electron chi connectivity index (χ0n) is 17.3. The second kappa shape index (κ2) is 5.98. The van der Waals surface area contributed by atoms with Crippen molar-refractivity contribution >= 4 is 0 Å². The van der Waals surface area contributed by atoms with Crippen molar-refractivity contribution < 1.29 is 14.9 Å².